The zero-order chi connectivity index (χ0) is 14.0. The second-order valence-corrected chi connectivity index (χ2v) is 4.74. The Morgan fingerprint density at radius 3 is 2.67 bits per heavy atom. The Labute approximate surface area is 106 Å². The van der Waals surface area contributed by atoms with Gasteiger partial charge in [-0.3, -0.25) is 4.52 Å². The summed E-state index contributed by atoms with van der Waals surface area (Å²) in [6, 6.07) is -0.277. The molecule has 3 N–H and O–H groups in total. The summed E-state index contributed by atoms with van der Waals surface area (Å²) in [7, 11) is -4.46. The predicted molar refractivity (Wildman–Crippen MR) is 65.9 cm³/mol. The van der Waals surface area contributed by atoms with Crippen molar-refractivity contribution in [2.24, 2.45) is 0 Å². The van der Waals surface area contributed by atoms with Crippen molar-refractivity contribution >= 4 is 13.8 Å². The first-order valence-electron chi connectivity index (χ1n) is 5.62. The highest BCUT2D eigenvalue weighted by Crippen LogP contribution is 2.35. The molecule has 0 aliphatic carbocycles. The minimum atomic E-state index is -4.46. The molecule has 0 radical (unpaired) electrons. The van der Waals surface area contributed by atoms with Gasteiger partial charge in [0.05, 0.1) is 13.2 Å². The molecule has 0 aliphatic rings. The Morgan fingerprint density at radius 1 is 1.50 bits per heavy atom. The molecule has 0 aromatic rings. The molecule has 0 amide bonds. The van der Waals surface area contributed by atoms with Gasteiger partial charge >= 0.3 is 13.8 Å². The molecular weight excluding hydrogens is 261 g/mol. The number of allylic oxidation sites excluding steroid dienone is 1. The minimum absolute atomic E-state index is 0.140. The maximum Gasteiger partial charge on any atom is 0.469 e. The summed E-state index contributed by atoms with van der Waals surface area (Å²) < 4.78 is 19.8. The lowest BCUT2D eigenvalue weighted by Crippen LogP contribution is -2.34. The van der Waals surface area contributed by atoms with Crippen LogP contribution in [0.25, 0.3) is 0 Å². The highest BCUT2D eigenvalue weighted by molar-refractivity contribution is 7.46. The quantitative estimate of drug-likeness (QED) is 0.322. The van der Waals surface area contributed by atoms with E-state index in [4.69, 9.17) is 14.5 Å². The molecule has 0 bridgehead atoms. The first-order chi connectivity index (χ1) is 8.39. The van der Waals surface area contributed by atoms with Crippen LogP contribution in [0.2, 0.25) is 0 Å². The lowest BCUT2D eigenvalue weighted by Gasteiger charge is -2.17. The van der Waals surface area contributed by atoms with E-state index >= 15 is 0 Å². The Bertz CT molecular complexity index is 313. The van der Waals surface area contributed by atoms with Gasteiger partial charge in [0.25, 0.3) is 0 Å². The standard InChI is InChI=1S/C10H20NO6P/c1-3-5-10(12)16-7-6-9(11-4-2)8-17-18(13,14)15/h3,5,9,11H,4,6-8H2,1-2H3,(H2,13,14,15). The Hall–Kier alpha value is -0.720. The van der Waals surface area contributed by atoms with Crippen LogP contribution in [0.5, 0.6) is 0 Å². The number of ether oxygens (including phenoxy) is 1. The molecule has 0 saturated heterocycles. The summed E-state index contributed by atoms with van der Waals surface area (Å²) in [6.45, 7) is 4.20. The number of hydrogen-bond acceptors (Lipinski definition) is 5. The van der Waals surface area contributed by atoms with E-state index in [-0.39, 0.29) is 19.3 Å². The number of phosphoric ester groups is 1. The average molecular weight is 281 g/mol. The molecule has 0 saturated carbocycles. The van der Waals surface area contributed by atoms with E-state index in [9.17, 15) is 9.36 Å². The van der Waals surface area contributed by atoms with Crippen LogP contribution in [-0.4, -0.2) is 41.6 Å². The highest BCUT2D eigenvalue weighted by Gasteiger charge is 2.17. The lowest BCUT2D eigenvalue weighted by atomic mass is 10.2. The number of hydrogen-bond donors (Lipinski definition) is 3. The zero-order valence-corrected chi connectivity index (χ0v) is 11.4. The van der Waals surface area contributed by atoms with Crippen LogP contribution < -0.4 is 5.32 Å². The third kappa shape index (κ3) is 10.4. The lowest BCUT2D eigenvalue weighted by molar-refractivity contribution is -0.138. The Kier molecular flexibility index (Phi) is 8.87. The number of rotatable bonds is 9. The average Bonchev–Trinajstić information content (AvgIpc) is 2.25. The van der Waals surface area contributed by atoms with Gasteiger partial charge in [0.2, 0.25) is 0 Å². The molecule has 0 aromatic carbocycles. The van der Waals surface area contributed by atoms with Gasteiger partial charge in [0, 0.05) is 12.1 Å². The normalized spacial score (nSPS) is 13.8. The molecule has 1 unspecified atom stereocenters. The fraction of sp³-hybridized carbons (Fsp3) is 0.700. The van der Waals surface area contributed by atoms with Gasteiger partial charge < -0.3 is 19.8 Å². The molecule has 18 heavy (non-hydrogen) atoms. The summed E-state index contributed by atoms with van der Waals surface area (Å²) in [6.07, 6.45) is 3.28. The van der Waals surface area contributed by atoms with Gasteiger partial charge in [-0.15, -0.1) is 0 Å². The fourth-order valence-electron chi connectivity index (χ4n) is 1.21. The van der Waals surface area contributed by atoms with Gasteiger partial charge in [-0.25, -0.2) is 9.36 Å². The van der Waals surface area contributed by atoms with Crippen molar-refractivity contribution in [1.82, 2.24) is 5.32 Å². The maximum absolute atomic E-state index is 11.0. The molecule has 1 atom stereocenters. The predicted octanol–water partition coefficient (Wildman–Crippen LogP) is 0.583. The van der Waals surface area contributed by atoms with Crippen molar-refractivity contribution in [1.29, 1.82) is 0 Å². The van der Waals surface area contributed by atoms with Crippen LogP contribution in [0.3, 0.4) is 0 Å². The van der Waals surface area contributed by atoms with Crippen molar-refractivity contribution in [3.8, 4) is 0 Å². The molecule has 0 heterocycles. The second kappa shape index (κ2) is 9.24. The van der Waals surface area contributed by atoms with Gasteiger partial charge in [0.1, 0.15) is 0 Å². The van der Waals surface area contributed by atoms with Crippen LogP contribution in [0.1, 0.15) is 20.3 Å². The number of likely N-dealkylation sites (N-methyl/N-ethyl adjacent to an activating group) is 1. The summed E-state index contributed by atoms with van der Waals surface area (Å²) in [5, 5.41) is 2.98. The van der Waals surface area contributed by atoms with Gasteiger partial charge in [-0.2, -0.15) is 0 Å². The maximum atomic E-state index is 11.0. The molecule has 106 valence electrons. The molecule has 0 rings (SSSR count). The second-order valence-electron chi connectivity index (χ2n) is 3.50. The van der Waals surface area contributed by atoms with E-state index in [1.54, 1.807) is 13.0 Å². The number of phosphoric acid groups is 1. The van der Waals surface area contributed by atoms with Crippen molar-refractivity contribution in [2.45, 2.75) is 26.3 Å². The molecule has 0 aliphatic heterocycles. The van der Waals surface area contributed by atoms with Crippen LogP contribution in [0.15, 0.2) is 12.2 Å². The number of carbonyl (C=O) groups excluding carboxylic acids is 1. The monoisotopic (exact) mass is 281 g/mol. The van der Waals surface area contributed by atoms with Crippen LogP contribution in [0, 0.1) is 0 Å². The fourth-order valence-corrected chi connectivity index (χ4v) is 1.58. The molecule has 0 fully saturated rings. The topological polar surface area (TPSA) is 105 Å². The largest absolute Gasteiger partial charge is 0.469 e. The number of carbonyl (C=O) groups is 1. The summed E-state index contributed by atoms with van der Waals surface area (Å²) in [5.74, 6) is -0.441. The summed E-state index contributed by atoms with van der Waals surface area (Å²) >= 11 is 0. The van der Waals surface area contributed by atoms with E-state index in [0.29, 0.717) is 13.0 Å². The smallest absolute Gasteiger partial charge is 0.462 e. The molecular formula is C10H20NO6P. The summed E-state index contributed by atoms with van der Waals surface area (Å²) in [4.78, 5) is 28.2. The molecule has 8 heteroatoms. The van der Waals surface area contributed by atoms with Crippen LogP contribution in [-0.2, 0) is 18.6 Å². The molecule has 0 spiro atoms. The van der Waals surface area contributed by atoms with Crippen LogP contribution in [0.4, 0.5) is 0 Å². The van der Waals surface area contributed by atoms with E-state index in [0.717, 1.165) is 0 Å². The molecule has 0 aromatic heterocycles. The van der Waals surface area contributed by atoms with E-state index in [1.807, 2.05) is 6.92 Å². The van der Waals surface area contributed by atoms with Crippen molar-refractivity contribution in [3.05, 3.63) is 12.2 Å². The first kappa shape index (κ1) is 17.3. The summed E-state index contributed by atoms with van der Waals surface area (Å²) in [5.41, 5.74) is 0. The molecule has 7 nitrogen and oxygen atoms in total. The number of nitrogens with one attached hydrogen (secondary N) is 1. The van der Waals surface area contributed by atoms with E-state index in [1.165, 1.54) is 6.08 Å². The van der Waals surface area contributed by atoms with Crippen molar-refractivity contribution < 1.29 is 28.4 Å². The van der Waals surface area contributed by atoms with Gasteiger partial charge in [0.15, 0.2) is 0 Å². The Balaban J connectivity index is 3.96. The van der Waals surface area contributed by atoms with E-state index in [2.05, 4.69) is 9.84 Å². The van der Waals surface area contributed by atoms with Crippen LogP contribution >= 0.6 is 7.82 Å². The van der Waals surface area contributed by atoms with Gasteiger partial charge in [-0.05, 0) is 19.9 Å². The SMILES string of the molecule is CC=CC(=O)OCCC(COP(=O)(O)O)NCC. The zero-order valence-electron chi connectivity index (χ0n) is 10.5. The first-order valence-corrected chi connectivity index (χ1v) is 7.15. The Morgan fingerprint density at radius 2 is 2.17 bits per heavy atom. The third-order valence-corrected chi connectivity index (χ3v) is 2.44. The van der Waals surface area contributed by atoms with Crippen molar-refractivity contribution in [2.75, 3.05) is 19.8 Å². The van der Waals surface area contributed by atoms with Crippen molar-refractivity contribution in [3.63, 3.8) is 0 Å². The van der Waals surface area contributed by atoms with E-state index < -0.39 is 13.8 Å². The minimum Gasteiger partial charge on any atom is -0.462 e. The third-order valence-electron chi connectivity index (χ3n) is 1.95. The number of esters is 1. The highest BCUT2D eigenvalue weighted by atomic mass is 31.2. The van der Waals surface area contributed by atoms with Gasteiger partial charge in [-0.1, -0.05) is 13.0 Å².